The molecule has 1 atom stereocenters. The normalized spacial score (nSPS) is 13.1. The van der Waals surface area contributed by atoms with Gasteiger partial charge in [-0.05, 0) is 67.8 Å². The van der Waals surface area contributed by atoms with Crippen molar-refractivity contribution in [1.82, 2.24) is 25.8 Å². The Morgan fingerprint density at radius 3 is 1.77 bits per heavy atom. The van der Waals surface area contributed by atoms with Crippen molar-refractivity contribution in [2.45, 2.75) is 58.0 Å². The Bertz CT molecular complexity index is 1980. The van der Waals surface area contributed by atoms with E-state index >= 15 is 0 Å². The maximum absolute atomic E-state index is 12.7. The molecule has 1 heterocycles. The third kappa shape index (κ3) is 18.3. The summed E-state index contributed by atoms with van der Waals surface area (Å²) in [6.07, 6.45) is 3.33. The zero-order chi connectivity index (χ0) is 43.8. The van der Waals surface area contributed by atoms with Crippen molar-refractivity contribution in [3.05, 3.63) is 131 Å². The fourth-order valence-electron chi connectivity index (χ4n) is 6.64. The zero-order valence-electron chi connectivity index (χ0n) is 35.4. The fraction of sp³-hybridized carbons (Fsp3) is 0.362. The number of aryl methyl sites for hydroxylation is 2. The second kappa shape index (κ2) is 26.1. The Kier molecular flexibility index (Phi) is 20.3. The minimum atomic E-state index is -0.832. The first kappa shape index (κ1) is 47.5. The summed E-state index contributed by atoms with van der Waals surface area (Å²) >= 11 is 0. The predicted molar refractivity (Wildman–Crippen MR) is 241 cm³/mol. The van der Waals surface area contributed by atoms with Crippen LogP contribution in [0.25, 0.3) is 0 Å². The number of amidine groups is 1. The van der Waals surface area contributed by atoms with Gasteiger partial charge >= 0.3 is 0 Å². The number of nitrogen functional groups attached to an aromatic ring is 1. The number of nitrogens with zero attached hydrogens (tertiary/aromatic N) is 2. The van der Waals surface area contributed by atoms with Crippen LogP contribution >= 0.6 is 0 Å². The monoisotopic (exact) mass is 831 g/mol. The van der Waals surface area contributed by atoms with Crippen LogP contribution in [0.2, 0.25) is 0 Å². The molecule has 0 aliphatic carbocycles. The van der Waals surface area contributed by atoms with Crippen LogP contribution in [0.3, 0.4) is 0 Å². The SMILES string of the molecule is CNCc1ccc(C(=N)N)cc1.Cc1ccc(NC(=O)CCN2CCN(CCC(=O)Nc3ccc(CC(NC(=O)CCCc4ccccc4)C(=O)NCC=O)cc3)CC2)cc1. The van der Waals surface area contributed by atoms with Crippen LogP contribution in [0, 0.1) is 12.3 Å². The van der Waals surface area contributed by atoms with Crippen LogP contribution in [0.1, 0.15) is 53.5 Å². The van der Waals surface area contributed by atoms with Crippen molar-refractivity contribution in [2.75, 3.05) is 63.5 Å². The Balaban J connectivity index is 0.000000586. The molecule has 5 rings (SSSR count). The Morgan fingerprint density at radius 2 is 1.25 bits per heavy atom. The van der Waals surface area contributed by atoms with Gasteiger partial charge in [-0.1, -0.05) is 84.4 Å². The van der Waals surface area contributed by atoms with E-state index in [0.29, 0.717) is 44.3 Å². The summed E-state index contributed by atoms with van der Waals surface area (Å²) < 4.78 is 0. The van der Waals surface area contributed by atoms with E-state index in [0.717, 1.165) is 67.1 Å². The highest BCUT2D eigenvalue weighted by Gasteiger charge is 2.22. The van der Waals surface area contributed by atoms with Crippen molar-refractivity contribution in [2.24, 2.45) is 5.73 Å². The van der Waals surface area contributed by atoms with Gasteiger partial charge in [0.1, 0.15) is 18.2 Å². The molecule has 61 heavy (non-hydrogen) atoms. The fourth-order valence-corrected chi connectivity index (χ4v) is 6.64. The smallest absolute Gasteiger partial charge is 0.243 e. The second-order valence-corrected chi connectivity index (χ2v) is 15.1. The topological polar surface area (TPSA) is 202 Å². The van der Waals surface area contributed by atoms with Crippen molar-refractivity contribution in [3.8, 4) is 0 Å². The molecule has 8 N–H and O–H groups in total. The van der Waals surface area contributed by atoms with Gasteiger partial charge in [0.05, 0.1) is 6.54 Å². The quantitative estimate of drug-likeness (QED) is 0.0368. The zero-order valence-corrected chi connectivity index (χ0v) is 35.4. The van der Waals surface area contributed by atoms with Gasteiger partial charge in [0.25, 0.3) is 0 Å². The van der Waals surface area contributed by atoms with Crippen LogP contribution in [-0.4, -0.2) is 104 Å². The molecule has 1 fully saturated rings. The molecule has 1 aliphatic heterocycles. The molecule has 4 aromatic rings. The standard InChI is InChI=1S/C38H48N6O5.C9H13N3/c1-29-10-14-32(15-11-29)40-36(47)18-21-43-23-25-44(26-24-43)22-19-37(48)41-33-16-12-31(13-17-33)28-34(38(49)39-20-27-45)42-35(46)9-5-8-30-6-3-2-4-7-30;1-12-6-7-2-4-8(5-3-7)9(10)11/h2-4,6-7,10-17,27,34H,5,8-9,18-26,28H2,1H3,(H,39,49)(H,40,47)(H,41,48)(H,42,46);2-5,12H,6H2,1H3,(H3,10,11). The molecule has 4 aromatic carbocycles. The van der Waals surface area contributed by atoms with Crippen LogP contribution in [0.4, 0.5) is 11.4 Å². The molecular formula is C47H61N9O5. The van der Waals surface area contributed by atoms with E-state index in [-0.39, 0.29) is 42.9 Å². The first-order valence-electron chi connectivity index (χ1n) is 20.8. The number of carbonyl (C=O) groups is 5. The number of hydrogen-bond acceptors (Lipinski definition) is 9. The number of piperazine rings is 1. The van der Waals surface area contributed by atoms with Gasteiger partial charge in [-0.15, -0.1) is 0 Å². The van der Waals surface area contributed by atoms with E-state index in [9.17, 15) is 24.0 Å². The summed E-state index contributed by atoms with van der Waals surface area (Å²) in [5, 5.41) is 21.5. The van der Waals surface area contributed by atoms with Gasteiger partial charge in [0, 0.05) is 88.4 Å². The number of benzene rings is 4. The van der Waals surface area contributed by atoms with Crippen molar-refractivity contribution in [1.29, 1.82) is 5.41 Å². The van der Waals surface area contributed by atoms with E-state index < -0.39 is 11.9 Å². The molecule has 4 amide bonds. The highest BCUT2D eigenvalue weighted by molar-refractivity contribution is 5.95. The van der Waals surface area contributed by atoms with Crippen LogP contribution in [0.5, 0.6) is 0 Å². The van der Waals surface area contributed by atoms with E-state index in [1.807, 2.05) is 105 Å². The van der Waals surface area contributed by atoms with Crippen LogP contribution in [0.15, 0.2) is 103 Å². The molecular weight excluding hydrogens is 771 g/mol. The number of anilines is 2. The Labute approximate surface area is 359 Å². The van der Waals surface area contributed by atoms with Gasteiger partial charge in [0.15, 0.2) is 0 Å². The summed E-state index contributed by atoms with van der Waals surface area (Å²) in [4.78, 5) is 65.8. The molecule has 1 unspecified atom stereocenters. The van der Waals surface area contributed by atoms with Gasteiger partial charge in [0.2, 0.25) is 23.6 Å². The van der Waals surface area contributed by atoms with Crippen LogP contribution < -0.4 is 32.3 Å². The summed E-state index contributed by atoms with van der Waals surface area (Å²) in [7, 11) is 1.90. The van der Waals surface area contributed by atoms with Gasteiger partial charge in [-0.3, -0.25) is 24.6 Å². The number of nitrogens with one attached hydrogen (secondary N) is 6. The molecule has 0 spiro atoms. The van der Waals surface area contributed by atoms with E-state index in [1.165, 1.54) is 5.56 Å². The lowest BCUT2D eigenvalue weighted by Crippen LogP contribution is -2.48. The van der Waals surface area contributed by atoms with Gasteiger partial charge < -0.3 is 46.9 Å². The van der Waals surface area contributed by atoms with Gasteiger partial charge in [-0.2, -0.15) is 0 Å². The molecule has 0 saturated carbocycles. The minimum Gasteiger partial charge on any atom is -0.384 e. The third-order valence-electron chi connectivity index (χ3n) is 10.2. The second-order valence-electron chi connectivity index (χ2n) is 15.1. The van der Waals surface area contributed by atoms with Crippen molar-refractivity contribution < 1.29 is 24.0 Å². The highest BCUT2D eigenvalue weighted by Crippen LogP contribution is 2.14. The molecule has 1 aliphatic rings. The lowest BCUT2D eigenvalue weighted by Gasteiger charge is -2.34. The lowest BCUT2D eigenvalue weighted by atomic mass is 10.0. The first-order valence-corrected chi connectivity index (χ1v) is 20.8. The number of aldehydes is 1. The van der Waals surface area contributed by atoms with Gasteiger partial charge in [-0.25, -0.2) is 0 Å². The number of nitrogens with two attached hydrogens (primary N) is 1. The summed E-state index contributed by atoms with van der Waals surface area (Å²) in [6.45, 7) is 7.46. The molecule has 0 bridgehead atoms. The summed E-state index contributed by atoms with van der Waals surface area (Å²) in [5.74, 6) is -0.616. The van der Waals surface area contributed by atoms with Crippen molar-refractivity contribution >= 4 is 47.1 Å². The maximum atomic E-state index is 12.7. The van der Waals surface area contributed by atoms with Crippen molar-refractivity contribution in [3.63, 3.8) is 0 Å². The van der Waals surface area contributed by atoms with E-state index in [2.05, 4.69) is 36.4 Å². The summed E-state index contributed by atoms with van der Waals surface area (Å²) in [6, 6.07) is 31.7. The average molecular weight is 832 g/mol. The Morgan fingerprint density at radius 1 is 0.705 bits per heavy atom. The number of rotatable bonds is 21. The molecule has 14 heteroatoms. The minimum absolute atomic E-state index is 0.00724. The predicted octanol–water partition coefficient (Wildman–Crippen LogP) is 4.03. The number of carbonyl (C=O) groups excluding carboxylic acids is 5. The average Bonchev–Trinajstić information content (AvgIpc) is 3.26. The van der Waals surface area contributed by atoms with E-state index in [1.54, 1.807) is 12.1 Å². The van der Waals surface area contributed by atoms with E-state index in [4.69, 9.17) is 11.1 Å². The molecule has 14 nitrogen and oxygen atoms in total. The number of hydrogen-bond donors (Lipinski definition) is 7. The molecule has 0 radical (unpaired) electrons. The lowest BCUT2D eigenvalue weighted by molar-refractivity contribution is -0.129. The van der Waals surface area contributed by atoms with Crippen LogP contribution in [-0.2, 0) is 43.4 Å². The summed E-state index contributed by atoms with van der Waals surface area (Å²) in [5.41, 5.74) is 11.8. The molecule has 1 saturated heterocycles. The number of amides is 4. The maximum Gasteiger partial charge on any atom is 0.243 e. The third-order valence-corrected chi connectivity index (χ3v) is 10.2. The molecule has 0 aromatic heterocycles. The Hall–Kier alpha value is -6.22. The first-order chi connectivity index (χ1) is 29.5. The molecule has 324 valence electrons. The largest absolute Gasteiger partial charge is 0.384 e. The highest BCUT2D eigenvalue weighted by atomic mass is 16.2.